The Bertz CT molecular complexity index is 1110. The van der Waals surface area contributed by atoms with E-state index >= 15 is 0 Å². The van der Waals surface area contributed by atoms with Gasteiger partial charge < -0.3 is 15.7 Å². The number of aliphatic hydroxyl groups is 1. The molecule has 2 amide bonds. The molecular formula is C31H36N2O3. The van der Waals surface area contributed by atoms with E-state index in [2.05, 4.69) is 17.2 Å². The van der Waals surface area contributed by atoms with Crippen LogP contribution in [0.25, 0.3) is 11.1 Å². The molecule has 0 saturated carbocycles. The summed E-state index contributed by atoms with van der Waals surface area (Å²) in [5.41, 5.74) is 3.64. The van der Waals surface area contributed by atoms with Gasteiger partial charge in [-0.25, -0.2) is 0 Å². The number of hydrogen-bond acceptors (Lipinski definition) is 3. The third-order valence-electron chi connectivity index (χ3n) is 6.50. The molecule has 0 aliphatic rings. The maximum atomic E-state index is 13.3. The maximum Gasteiger partial charge on any atom is 0.243 e. The standard InChI is InChI=1S/C31H36N2O3/c1-4-26(5-2)32-31(36)28(21-22-13-9-7-10-14-22)33-30(35)27(6-3)29(34)25-19-17-24(18-20-25)23-15-11-8-12-16-23/h6-20,26-29,34H,3-5,21H2,1-2H3,(H,32,36)(H,33,35)/t27-,28-,29+/m0/s1. The number of amides is 2. The van der Waals surface area contributed by atoms with Crippen molar-refractivity contribution in [3.63, 3.8) is 0 Å². The minimum absolute atomic E-state index is 0.0385. The third kappa shape index (κ3) is 7.15. The molecular weight excluding hydrogens is 448 g/mol. The first-order chi connectivity index (χ1) is 17.5. The second-order valence-electron chi connectivity index (χ2n) is 8.97. The first-order valence-electron chi connectivity index (χ1n) is 12.6. The largest absolute Gasteiger partial charge is 0.387 e. The van der Waals surface area contributed by atoms with Crippen LogP contribution in [0.15, 0.2) is 97.6 Å². The zero-order chi connectivity index (χ0) is 25.9. The Balaban J connectivity index is 1.75. The van der Waals surface area contributed by atoms with E-state index in [1.807, 2.05) is 98.8 Å². The van der Waals surface area contributed by atoms with E-state index in [0.29, 0.717) is 12.0 Å². The van der Waals surface area contributed by atoms with Crippen molar-refractivity contribution in [1.82, 2.24) is 10.6 Å². The molecule has 5 heteroatoms. The van der Waals surface area contributed by atoms with Gasteiger partial charge in [-0.15, -0.1) is 6.58 Å². The van der Waals surface area contributed by atoms with Crippen LogP contribution in [0.2, 0.25) is 0 Å². The van der Waals surface area contributed by atoms with Gasteiger partial charge in [0.1, 0.15) is 6.04 Å². The Morgan fingerprint density at radius 2 is 1.36 bits per heavy atom. The van der Waals surface area contributed by atoms with E-state index in [1.165, 1.54) is 6.08 Å². The number of aliphatic hydroxyl groups excluding tert-OH is 1. The van der Waals surface area contributed by atoms with Gasteiger partial charge in [-0.3, -0.25) is 9.59 Å². The summed E-state index contributed by atoms with van der Waals surface area (Å²) in [6.07, 6.45) is 2.31. The summed E-state index contributed by atoms with van der Waals surface area (Å²) in [6, 6.07) is 26.3. The Kier molecular flexibility index (Phi) is 10.0. The maximum absolute atomic E-state index is 13.3. The lowest BCUT2D eigenvalue weighted by molar-refractivity contribution is -0.132. The third-order valence-corrected chi connectivity index (χ3v) is 6.50. The highest BCUT2D eigenvalue weighted by Crippen LogP contribution is 2.27. The first kappa shape index (κ1) is 26.9. The monoisotopic (exact) mass is 484 g/mol. The number of carbonyl (C=O) groups is 2. The first-order valence-corrected chi connectivity index (χ1v) is 12.6. The molecule has 3 atom stereocenters. The summed E-state index contributed by atoms with van der Waals surface area (Å²) in [7, 11) is 0. The molecule has 0 fully saturated rings. The fraction of sp³-hybridized carbons (Fsp3) is 0.290. The molecule has 36 heavy (non-hydrogen) atoms. The lowest BCUT2D eigenvalue weighted by atomic mass is 9.92. The second kappa shape index (κ2) is 13.4. The summed E-state index contributed by atoms with van der Waals surface area (Å²) in [6.45, 7) is 7.82. The molecule has 0 bridgehead atoms. The summed E-state index contributed by atoms with van der Waals surface area (Å²) >= 11 is 0. The summed E-state index contributed by atoms with van der Waals surface area (Å²) in [5, 5.41) is 17.0. The van der Waals surface area contributed by atoms with Crippen LogP contribution in [0.3, 0.4) is 0 Å². The molecule has 3 N–H and O–H groups in total. The zero-order valence-electron chi connectivity index (χ0n) is 21.1. The van der Waals surface area contributed by atoms with Gasteiger partial charge in [-0.2, -0.15) is 0 Å². The fourth-order valence-corrected chi connectivity index (χ4v) is 4.21. The van der Waals surface area contributed by atoms with Crippen molar-refractivity contribution < 1.29 is 14.7 Å². The molecule has 0 unspecified atom stereocenters. The highest BCUT2D eigenvalue weighted by atomic mass is 16.3. The van der Waals surface area contributed by atoms with Crippen LogP contribution in [0, 0.1) is 5.92 Å². The predicted molar refractivity (Wildman–Crippen MR) is 145 cm³/mol. The van der Waals surface area contributed by atoms with Crippen LogP contribution in [0.4, 0.5) is 0 Å². The quantitative estimate of drug-likeness (QED) is 0.308. The van der Waals surface area contributed by atoms with Crippen molar-refractivity contribution in [1.29, 1.82) is 0 Å². The molecule has 188 valence electrons. The molecule has 0 aromatic heterocycles. The summed E-state index contributed by atoms with van der Waals surface area (Å²) in [5.74, 6) is -1.58. The molecule has 0 saturated heterocycles. The summed E-state index contributed by atoms with van der Waals surface area (Å²) < 4.78 is 0. The van der Waals surface area contributed by atoms with Crippen LogP contribution in [-0.4, -0.2) is 29.0 Å². The number of carbonyl (C=O) groups excluding carboxylic acids is 2. The van der Waals surface area contributed by atoms with Crippen molar-refractivity contribution in [2.45, 2.75) is 51.3 Å². The molecule has 3 rings (SSSR count). The Labute approximate surface area is 214 Å². The second-order valence-corrected chi connectivity index (χ2v) is 8.97. The van der Waals surface area contributed by atoms with Crippen LogP contribution >= 0.6 is 0 Å². The average molecular weight is 485 g/mol. The molecule has 0 spiro atoms. The van der Waals surface area contributed by atoms with E-state index in [9.17, 15) is 14.7 Å². The van der Waals surface area contributed by atoms with Crippen LogP contribution in [-0.2, 0) is 16.0 Å². The van der Waals surface area contributed by atoms with Gasteiger partial charge >= 0.3 is 0 Å². The highest BCUT2D eigenvalue weighted by Gasteiger charge is 2.30. The average Bonchev–Trinajstić information content (AvgIpc) is 2.92. The van der Waals surface area contributed by atoms with Crippen molar-refractivity contribution in [3.8, 4) is 11.1 Å². The van der Waals surface area contributed by atoms with E-state index in [1.54, 1.807) is 0 Å². The van der Waals surface area contributed by atoms with E-state index < -0.39 is 24.0 Å². The highest BCUT2D eigenvalue weighted by molar-refractivity contribution is 5.89. The molecule has 0 aliphatic heterocycles. The fourth-order valence-electron chi connectivity index (χ4n) is 4.21. The molecule has 0 heterocycles. The summed E-state index contributed by atoms with van der Waals surface area (Å²) in [4.78, 5) is 26.4. The lowest BCUT2D eigenvalue weighted by Gasteiger charge is -2.25. The van der Waals surface area contributed by atoms with Crippen LogP contribution in [0.5, 0.6) is 0 Å². The lowest BCUT2D eigenvalue weighted by Crippen LogP contribution is -2.52. The molecule has 3 aromatic carbocycles. The SMILES string of the molecule is C=C[C@H](C(=O)N[C@@H](Cc1ccccc1)C(=O)NC(CC)CC)[C@H](O)c1ccc(-c2ccccc2)cc1. The number of rotatable bonds is 12. The van der Waals surface area contributed by atoms with Crippen LogP contribution in [0.1, 0.15) is 43.9 Å². The van der Waals surface area contributed by atoms with Gasteiger partial charge in [-0.1, -0.05) is 105 Å². The number of benzene rings is 3. The van der Waals surface area contributed by atoms with Gasteiger partial charge in [0.05, 0.1) is 12.0 Å². The van der Waals surface area contributed by atoms with Crippen molar-refractivity contribution in [2.75, 3.05) is 0 Å². The van der Waals surface area contributed by atoms with Gasteiger partial charge in [0.25, 0.3) is 0 Å². The Hall–Kier alpha value is -3.70. The topological polar surface area (TPSA) is 78.4 Å². The minimum atomic E-state index is -1.09. The van der Waals surface area contributed by atoms with Gasteiger partial charge in [-0.05, 0) is 35.1 Å². The molecule has 0 aliphatic carbocycles. The van der Waals surface area contributed by atoms with E-state index in [4.69, 9.17) is 0 Å². The normalized spacial score (nSPS) is 13.4. The van der Waals surface area contributed by atoms with Crippen molar-refractivity contribution in [3.05, 3.63) is 109 Å². The predicted octanol–water partition coefficient (Wildman–Crippen LogP) is 5.22. The minimum Gasteiger partial charge on any atom is -0.387 e. The van der Waals surface area contributed by atoms with Gasteiger partial charge in [0, 0.05) is 12.5 Å². The Morgan fingerprint density at radius 1 is 0.806 bits per heavy atom. The van der Waals surface area contributed by atoms with E-state index in [0.717, 1.165) is 29.5 Å². The van der Waals surface area contributed by atoms with Gasteiger partial charge in [0.15, 0.2) is 0 Å². The van der Waals surface area contributed by atoms with Crippen molar-refractivity contribution >= 4 is 11.8 Å². The number of nitrogens with one attached hydrogen (secondary N) is 2. The molecule has 3 aromatic rings. The Morgan fingerprint density at radius 3 is 1.92 bits per heavy atom. The zero-order valence-corrected chi connectivity index (χ0v) is 21.1. The molecule has 0 radical (unpaired) electrons. The van der Waals surface area contributed by atoms with Crippen LogP contribution < -0.4 is 10.6 Å². The number of hydrogen-bond donors (Lipinski definition) is 3. The van der Waals surface area contributed by atoms with Gasteiger partial charge in [0.2, 0.25) is 11.8 Å². The smallest absolute Gasteiger partial charge is 0.243 e. The van der Waals surface area contributed by atoms with Crippen molar-refractivity contribution in [2.24, 2.45) is 5.92 Å². The molecule has 5 nitrogen and oxygen atoms in total. The van der Waals surface area contributed by atoms with E-state index in [-0.39, 0.29) is 11.9 Å².